The van der Waals surface area contributed by atoms with Gasteiger partial charge in [0.1, 0.15) is 6.61 Å². The lowest BCUT2D eigenvalue weighted by Gasteiger charge is -2.05. The van der Waals surface area contributed by atoms with Crippen LogP contribution in [0.25, 0.3) is 0 Å². The second kappa shape index (κ2) is 3.63. The summed E-state index contributed by atoms with van der Waals surface area (Å²) in [4.78, 5) is 10.3. The lowest BCUT2D eigenvalue weighted by atomic mass is 10.2. The number of fused-ring (bicyclic) bond motifs is 1. The molecule has 0 radical (unpaired) electrons. The molecule has 0 saturated heterocycles. The number of nitro benzene ring substituents is 1. The van der Waals surface area contributed by atoms with E-state index >= 15 is 0 Å². The van der Waals surface area contributed by atoms with Crippen molar-refractivity contribution in [1.82, 2.24) is 5.32 Å². The molecule has 1 aromatic rings. The van der Waals surface area contributed by atoms with E-state index in [1.54, 1.807) is 6.07 Å². The predicted molar refractivity (Wildman–Crippen MR) is 50.3 cm³/mol. The molecule has 0 saturated carbocycles. The standard InChI is InChI=1S/C9H10N2O3/c12-11(13)8-3-1-2-7-6-10-4-5-14-9(7)8/h1-3,10H,4-6H2. The molecule has 0 aromatic heterocycles. The van der Waals surface area contributed by atoms with Crippen molar-refractivity contribution in [2.45, 2.75) is 6.54 Å². The van der Waals surface area contributed by atoms with Gasteiger partial charge < -0.3 is 10.1 Å². The van der Waals surface area contributed by atoms with E-state index in [1.165, 1.54) is 6.07 Å². The Labute approximate surface area is 80.8 Å². The molecule has 0 amide bonds. The van der Waals surface area contributed by atoms with E-state index in [1.807, 2.05) is 6.07 Å². The summed E-state index contributed by atoms with van der Waals surface area (Å²) in [5.41, 5.74) is 0.892. The Morgan fingerprint density at radius 1 is 1.50 bits per heavy atom. The monoisotopic (exact) mass is 194 g/mol. The predicted octanol–water partition coefficient (Wildman–Crippen LogP) is 1.08. The number of para-hydroxylation sites is 1. The van der Waals surface area contributed by atoms with E-state index in [0.717, 1.165) is 5.56 Å². The SMILES string of the molecule is O=[N+]([O-])c1cccc2c1OCCNC2. The highest BCUT2D eigenvalue weighted by Gasteiger charge is 2.20. The molecule has 14 heavy (non-hydrogen) atoms. The number of hydrogen-bond acceptors (Lipinski definition) is 4. The Hall–Kier alpha value is -1.62. The number of hydrogen-bond donors (Lipinski definition) is 1. The molecule has 1 aromatic carbocycles. The van der Waals surface area contributed by atoms with Crippen LogP contribution in [-0.2, 0) is 6.54 Å². The fraction of sp³-hybridized carbons (Fsp3) is 0.333. The highest BCUT2D eigenvalue weighted by Crippen LogP contribution is 2.31. The number of nitro groups is 1. The summed E-state index contributed by atoms with van der Waals surface area (Å²) >= 11 is 0. The maximum absolute atomic E-state index is 10.7. The number of nitrogens with one attached hydrogen (secondary N) is 1. The van der Waals surface area contributed by atoms with E-state index in [2.05, 4.69) is 5.32 Å². The Morgan fingerprint density at radius 3 is 3.14 bits per heavy atom. The van der Waals surface area contributed by atoms with Gasteiger partial charge in [-0.3, -0.25) is 10.1 Å². The third-order valence-corrected chi connectivity index (χ3v) is 2.11. The van der Waals surface area contributed by atoms with Gasteiger partial charge in [0.15, 0.2) is 0 Å². The summed E-state index contributed by atoms with van der Waals surface area (Å²) < 4.78 is 5.34. The van der Waals surface area contributed by atoms with Crippen molar-refractivity contribution in [2.75, 3.05) is 13.2 Å². The van der Waals surface area contributed by atoms with Crippen molar-refractivity contribution in [3.05, 3.63) is 33.9 Å². The zero-order chi connectivity index (χ0) is 9.97. The molecule has 2 rings (SSSR count). The molecular weight excluding hydrogens is 184 g/mol. The molecule has 1 aliphatic heterocycles. The van der Waals surface area contributed by atoms with Crippen molar-refractivity contribution >= 4 is 5.69 Å². The van der Waals surface area contributed by atoms with Gasteiger partial charge in [-0.25, -0.2) is 0 Å². The molecule has 0 atom stereocenters. The van der Waals surface area contributed by atoms with Crippen LogP contribution < -0.4 is 10.1 Å². The van der Waals surface area contributed by atoms with E-state index in [4.69, 9.17) is 4.74 Å². The molecule has 0 bridgehead atoms. The fourth-order valence-corrected chi connectivity index (χ4v) is 1.47. The van der Waals surface area contributed by atoms with E-state index in [9.17, 15) is 10.1 Å². The van der Waals surface area contributed by atoms with Crippen LogP contribution in [0.1, 0.15) is 5.56 Å². The van der Waals surface area contributed by atoms with Crippen LogP contribution >= 0.6 is 0 Å². The molecule has 0 fully saturated rings. The molecule has 5 heteroatoms. The highest BCUT2D eigenvalue weighted by atomic mass is 16.6. The fourth-order valence-electron chi connectivity index (χ4n) is 1.47. The van der Waals surface area contributed by atoms with Crippen LogP contribution in [0.5, 0.6) is 5.75 Å². The Balaban J connectivity index is 2.47. The number of nitrogens with zero attached hydrogens (tertiary/aromatic N) is 1. The summed E-state index contributed by atoms with van der Waals surface area (Å²) in [5.74, 6) is 0.405. The zero-order valence-electron chi connectivity index (χ0n) is 7.53. The van der Waals surface area contributed by atoms with Gasteiger partial charge >= 0.3 is 5.69 Å². The smallest absolute Gasteiger partial charge is 0.311 e. The lowest BCUT2D eigenvalue weighted by molar-refractivity contribution is -0.385. The first-order chi connectivity index (χ1) is 6.79. The van der Waals surface area contributed by atoms with Crippen LogP contribution in [0.4, 0.5) is 5.69 Å². The van der Waals surface area contributed by atoms with Gasteiger partial charge in [0.25, 0.3) is 0 Å². The number of ether oxygens (including phenoxy) is 1. The molecule has 0 unspecified atom stereocenters. The summed E-state index contributed by atoms with van der Waals surface area (Å²) in [5, 5.41) is 13.8. The van der Waals surface area contributed by atoms with Crippen molar-refractivity contribution in [1.29, 1.82) is 0 Å². The summed E-state index contributed by atoms with van der Waals surface area (Å²) in [6.45, 7) is 1.81. The first kappa shape index (κ1) is 8.96. The van der Waals surface area contributed by atoms with Crippen molar-refractivity contribution < 1.29 is 9.66 Å². The van der Waals surface area contributed by atoms with Gasteiger partial charge in [-0.1, -0.05) is 12.1 Å². The summed E-state index contributed by atoms with van der Waals surface area (Å²) in [7, 11) is 0. The maximum atomic E-state index is 10.7. The van der Waals surface area contributed by atoms with Crippen LogP contribution in [0.2, 0.25) is 0 Å². The molecule has 0 spiro atoms. The molecule has 1 heterocycles. The van der Waals surface area contributed by atoms with Crippen LogP contribution in [-0.4, -0.2) is 18.1 Å². The Morgan fingerprint density at radius 2 is 2.36 bits per heavy atom. The molecule has 0 aliphatic carbocycles. The molecule has 1 aliphatic rings. The largest absolute Gasteiger partial charge is 0.485 e. The van der Waals surface area contributed by atoms with Crippen molar-refractivity contribution in [2.24, 2.45) is 0 Å². The molecule has 5 nitrogen and oxygen atoms in total. The Kier molecular flexibility index (Phi) is 2.32. The summed E-state index contributed by atoms with van der Waals surface area (Å²) in [6, 6.07) is 4.97. The van der Waals surface area contributed by atoms with Gasteiger partial charge in [-0.15, -0.1) is 0 Å². The average Bonchev–Trinajstić information content (AvgIpc) is 2.41. The number of rotatable bonds is 1. The average molecular weight is 194 g/mol. The number of benzene rings is 1. The second-order valence-corrected chi connectivity index (χ2v) is 3.05. The molecule has 1 N–H and O–H groups in total. The maximum Gasteiger partial charge on any atom is 0.311 e. The second-order valence-electron chi connectivity index (χ2n) is 3.05. The lowest BCUT2D eigenvalue weighted by Crippen LogP contribution is -2.16. The van der Waals surface area contributed by atoms with Gasteiger partial charge in [-0.05, 0) is 0 Å². The topological polar surface area (TPSA) is 64.4 Å². The zero-order valence-corrected chi connectivity index (χ0v) is 7.53. The van der Waals surface area contributed by atoms with Gasteiger partial charge in [0.2, 0.25) is 5.75 Å². The van der Waals surface area contributed by atoms with E-state index in [-0.39, 0.29) is 5.69 Å². The molecular formula is C9H10N2O3. The van der Waals surface area contributed by atoms with E-state index in [0.29, 0.717) is 25.4 Å². The van der Waals surface area contributed by atoms with E-state index < -0.39 is 4.92 Å². The van der Waals surface area contributed by atoms with Crippen LogP contribution in [0.15, 0.2) is 18.2 Å². The minimum absolute atomic E-state index is 0.0474. The van der Waals surface area contributed by atoms with Gasteiger partial charge in [0.05, 0.1) is 4.92 Å². The quantitative estimate of drug-likeness (QED) is 0.536. The third kappa shape index (κ3) is 1.54. The van der Waals surface area contributed by atoms with Crippen LogP contribution in [0, 0.1) is 10.1 Å². The minimum atomic E-state index is -0.413. The minimum Gasteiger partial charge on any atom is -0.485 e. The third-order valence-electron chi connectivity index (χ3n) is 2.11. The van der Waals surface area contributed by atoms with Gasteiger partial charge in [-0.2, -0.15) is 0 Å². The first-order valence-corrected chi connectivity index (χ1v) is 4.39. The molecule has 74 valence electrons. The van der Waals surface area contributed by atoms with Crippen molar-refractivity contribution in [3.63, 3.8) is 0 Å². The van der Waals surface area contributed by atoms with Gasteiger partial charge in [0, 0.05) is 24.7 Å². The summed E-state index contributed by atoms with van der Waals surface area (Å²) in [6.07, 6.45) is 0. The normalized spacial score (nSPS) is 15.1. The highest BCUT2D eigenvalue weighted by molar-refractivity contribution is 5.52. The Bertz CT molecular complexity index is 365. The van der Waals surface area contributed by atoms with Crippen LogP contribution in [0.3, 0.4) is 0 Å². The van der Waals surface area contributed by atoms with Crippen molar-refractivity contribution in [3.8, 4) is 5.75 Å². The first-order valence-electron chi connectivity index (χ1n) is 4.39.